The molecule has 0 radical (unpaired) electrons. The minimum atomic E-state index is -1.22. The largest absolute Gasteiger partial charge is 0.348 e. The van der Waals surface area contributed by atoms with E-state index in [0.717, 1.165) is 40.0 Å². The highest BCUT2D eigenvalue weighted by Gasteiger charge is 2.49. The van der Waals surface area contributed by atoms with Gasteiger partial charge < -0.3 is 9.88 Å². The molecule has 0 saturated carbocycles. The maximum atomic E-state index is 13.4. The van der Waals surface area contributed by atoms with Gasteiger partial charge in [0, 0.05) is 28.4 Å². The van der Waals surface area contributed by atoms with Gasteiger partial charge in [-0.2, -0.15) is 0 Å². The summed E-state index contributed by atoms with van der Waals surface area (Å²) < 4.78 is 2.12. The molecule has 1 saturated heterocycles. The number of rotatable bonds is 7. The Labute approximate surface area is 208 Å². The Morgan fingerprint density at radius 3 is 2.51 bits per heavy atom. The van der Waals surface area contributed by atoms with Crippen molar-refractivity contribution in [3.8, 4) is 0 Å². The van der Waals surface area contributed by atoms with E-state index < -0.39 is 17.5 Å². The second-order valence-electron chi connectivity index (χ2n) is 9.20. The summed E-state index contributed by atoms with van der Waals surface area (Å²) in [4.78, 5) is 41.8. The van der Waals surface area contributed by atoms with Crippen molar-refractivity contribution >= 4 is 39.8 Å². The Bertz CT molecular complexity index is 1450. The summed E-state index contributed by atoms with van der Waals surface area (Å²) in [6.07, 6.45) is 0.888. The molecule has 1 fully saturated rings. The van der Waals surface area contributed by atoms with E-state index in [1.54, 1.807) is 18.3 Å². The molecule has 5 rings (SSSR count). The van der Waals surface area contributed by atoms with Crippen LogP contribution in [-0.2, 0) is 23.3 Å². The lowest BCUT2D eigenvalue weighted by atomic mass is 9.90. The third-order valence-electron chi connectivity index (χ3n) is 6.94. The van der Waals surface area contributed by atoms with Gasteiger partial charge in [-0.1, -0.05) is 42.5 Å². The van der Waals surface area contributed by atoms with Gasteiger partial charge in [0.05, 0.1) is 6.54 Å². The molecule has 3 amide bonds. The van der Waals surface area contributed by atoms with E-state index in [-0.39, 0.29) is 12.3 Å². The third kappa shape index (κ3) is 4.06. The van der Waals surface area contributed by atoms with Crippen LogP contribution < -0.4 is 5.32 Å². The maximum absolute atomic E-state index is 13.4. The first-order valence-electron chi connectivity index (χ1n) is 11.6. The fourth-order valence-corrected chi connectivity index (χ4v) is 5.57. The van der Waals surface area contributed by atoms with Gasteiger partial charge in [-0.15, -0.1) is 11.3 Å². The Hall–Kier alpha value is -3.71. The van der Waals surface area contributed by atoms with Crippen molar-refractivity contribution in [3.63, 3.8) is 0 Å². The number of Topliss-reactive ketones (excluding diaryl/α,β-unsaturated/α-hetero) is 1. The predicted octanol–water partition coefficient (Wildman–Crippen LogP) is 5.21. The molecule has 1 N–H and O–H groups in total. The molecule has 178 valence electrons. The van der Waals surface area contributed by atoms with Crippen molar-refractivity contribution in [1.29, 1.82) is 0 Å². The lowest BCUT2D eigenvalue weighted by Crippen LogP contribution is -2.41. The highest BCUT2D eigenvalue weighted by atomic mass is 32.1. The van der Waals surface area contributed by atoms with Crippen LogP contribution in [0.4, 0.5) is 4.79 Å². The number of imide groups is 1. The van der Waals surface area contributed by atoms with Crippen LogP contribution in [0.1, 0.15) is 39.1 Å². The van der Waals surface area contributed by atoms with E-state index in [0.29, 0.717) is 11.1 Å². The highest BCUT2D eigenvalue weighted by Crippen LogP contribution is 2.31. The van der Waals surface area contributed by atoms with Gasteiger partial charge in [-0.05, 0) is 67.1 Å². The predicted molar refractivity (Wildman–Crippen MR) is 138 cm³/mol. The fraction of sp³-hybridized carbons (Fsp3) is 0.250. The normalized spacial score (nSPS) is 17.9. The van der Waals surface area contributed by atoms with Gasteiger partial charge in [0.2, 0.25) is 0 Å². The molecule has 1 atom stereocenters. The molecule has 1 aliphatic heterocycles. The molecular weight excluding hydrogens is 458 g/mol. The standard InChI is InChI=1S/C28H27N3O3S/c1-18-15-24(19(2)30(18)13-12-23-9-6-14-35-23)25(32)17-31-26(33)28(3,29-27(31)34)22-11-10-20-7-4-5-8-21(20)16-22/h4-11,14-16H,12-13,17H2,1-3H3,(H,29,34). The van der Waals surface area contributed by atoms with Crippen molar-refractivity contribution in [1.82, 2.24) is 14.8 Å². The average Bonchev–Trinajstić information content (AvgIpc) is 3.52. The van der Waals surface area contributed by atoms with Crippen LogP contribution >= 0.6 is 11.3 Å². The van der Waals surface area contributed by atoms with E-state index in [4.69, 9.17) is 0 Å². The van der Waals surface area contributed by atoms with Gasteiger partial charge in [-0.3, -0.25) is 14.5 Å². The van der Waals surface area contributed by atoms with Gasteiger partial charge in [0.25, 0.3) is 5.91 Å². The van der Waals surface area contributed by atoms with Crippen molar-refractivity contribution in [2.24, 2.45) is 0 Å². The first kappa shape index (κ1) is 23.1. The Balaban J connectivity index is 1.35. The number of benzene rings is 2. The highest BCUT2D eigenvalue weighted by molar-refractivity contribution is 7.09. The lowest BCUT2D eigenvalue weighted by Gasteiger charge is -2.22. The van der Waals surface area contributed by atoms with E-state index in [1.165, 1.54) is 4.88 Å². The number of ketones is 1. The fourth-order valence-electron chi connectivity index (χ4n) is 4.87. The molecule has 2 aromatic heterocycles. The van der Waals surface area contributed by atoms with Gasteiger partial charge in [0.1, 0.15) is 5.54 Å². The van der Waals surface area contributed by atoms with E-state index in [9.17, 15) is 14.4 Å². The first-order valence-corrected chi connectivity index (χ1v) is 12.5. The zero-order valence-electron chi connectivity index (χ0n) is 20.0. The quantitative estimate of drug-likeness (QED) is 0.288. The number of carbonyl (C=O) groups is 3. The molecule has 3 heterocycles. The summed E-state index contributed by atoms with van der Waals surface area (Å²) in [5.74, 6) is -0.663. The zero-order chi connectivity index (χ0) is 24.7. The van der Waals surface area contributed by atoms with Crippen molar-refractivity contribution < 1.29 is 14.4 Å². The number of aromatic nitrogens is 1. The number of aryl methyl sites for hydroxylation is 2. The number of nitrogens with one attached hydrogen (secondary N) is 1. The molecule has 6 nitrogen and oxygen atoms in total. The second-order valence-corrected chi connectivity index (χ2v) is 10.2. The second kappa shape index (κ2) is 8.82. The minimum absolute atomic E-state index is 0.244. The maximum Gasteiger partial charge on any atom is 0.325 e. The smallest absolute Gasteiger partial charge is 0.325 e. The van der Waals surface area contributed by atoms with Crippen LogP contribution in [-0.4, -0.2) is 33.7 Å². The van der Waals surface area contributed by atoms with E-state index >= 15 is 0 Å². The number of fused-ring (bicyclic) bond motifs is 1. The van der Waals surface area contributed by atoms with Gasteiger partial charge in [-0.25, -0.2) is 4.79 Å². The number of amides is 3. The third-order valence-corrected chi connectivity index (χ3v) is 7.88. The Kier molecular flexibility index (Phi) is 5.81. The molecule has 35 heavy (non-hydrogen) atoms. The molecule has 2 aromatic carbocycles. The Morgan fingerprint density at radius 1 is 1.00 bits per heavy atom. The first-order chi connectivity index (χ1) is 16.8. The summed E-state index contributed by atoms with van der Waals surface area (Å²) in [6.45, 7) is 6.07. The van der Waals surface area contributed by atoms with E-state index in [1.807, 2.05) is 68.4 Å². The lowest BCUT2D eigenvalue weighted by molar-refractivity contribution is -0.130. The number of nitrogens with zero attached hydrogens (tertiary/aromatic N) is 2. The number of hydrogen-bond acceptors (Lipinski definition) is 4. The minimum Gasteiger partial charge on any atom is -0.348 e. The summed E-state index contributed by atoms with van der Waals surface area (Å²) in [5, 5.41) is 6.91. The van der Waals surface area contributed by atoms with E-state index in [2.05, 4.69) is 21.3 Å². The molecule has 7 heteroatoms. The van der Waals surface area contributed by atoms with Crippen LogP contribution in [0.15, 0.2) is 66.0 Å². The summed E-state index contributed by atoms with van der Waals surface area (Å²) in [7, 11) is 0. The van der Waals surface area contributed by atoms with Crippen LogP contribution in [0.2, 0.25) is 0 Å². The number of hydrogen-bond donors (Lipinski definition) is 1. The average molecular weight is 486 g/mol. The molecular formula is C28H27N3O3S. The molecule has 0 bridgehead atoms. The van der Waals surface area contributed by atoms with Crippen LogP contribution in [0.5, 0.6) is 0 Å². The topological polar surface area (TPSA) is 71.4 Å². The molecule has 0 aliphatic carbocycles. The molecule has 1 aliphatic rings. The monoisotopic (exact) mass is 485 g/mol. The van der Waals surface area contributed by atoms with Crippen molar-refractivity contribution in [3.05, 3.63) is 93.4 Å². The molecule has 1 unspecified atom stereocenters. The van der Waals surface area contributed by atoms with Crippen LogP contribution in [0, 0.1) is 13.8 Å². The summed E-state index contributed by atoms with van der Waals surface area (Å²) in [6, 6.07) is 19.0. The van der Waals surface area contributed by atoms with Crippen molar-refractivity contribution in [2.45, 2.75) is 39.3 Å². The number of thiophene rings is 1. The zero-order valence-corrected chi connectivity index (χ0v) is 20.8. The SMILES string of the molecule is Cc1cc(C(=O)CN2C(=O)NC(C)(c3ccc4ccccc4c3)C2=O)c(C)n1CCc1cccs1. The molecule has 0 spiro atoms. The van der Waals surface area contributed by atoms with Gasteiger partial charge >= 0.3 is 6.03 Å². The number of carbonyl (C=O) groups excluding carboxylic acids is 3. The van der Waals surface area contributed by atoms with Gasteiger partial charge in [0.15, 0.2) is 5.78 Å². The van der Waals surface area contributed by atoms with Crippen molar-refractivity contribution in [2.75, 3.05) is 6.54 Å². The molecule has 4 aromatic rings. The van der Waals surface area contributed by atoms with Crippen LogP contribution in [0.3, 0.4) is 0 Å². The Morgan fingerprint density at radius 2 is 1.77 bits per heavy atom. The summed E-state index contributed by atoms with van der Waals surface area (Å²) >= 11 is 1.72. The summed E-state index contributed by atoms with van der Waals surface area (Å²) in [5.41, 5.74) is 1.86. The number of urea groups is 1. The van der Waals surface area contributed by atoms with Crippen LogP contribution in [0.25, 0.3) is 10.8 Å².